The molecule has 0 saturated heterocycles. The Bertz CT molecular complexity index is 391. The number of hydrogen-bond donors (Lipinski definition) is 2. The molecule has 0 aliphatic carbocycles. The van der Waals surface area contributed by atoms with Gasteiger partial charge in [-0.15, -0.1) is 12.4 Å². The number of aromatic nitrogens is 2. The van der Waals surface area contributed by atoms with Crippen molar-refractivity contribution in [3.8, 4) is 0 Å². The normalized spacial score (nSPS) is 13.6. The maximum Gasteiger partial charge on any atom is 0.237 e. The molecule has 6 heteroatoms. The van der Waals surface area contributed by atoms with E-state index in [4.69, 9.17) is 5.73 Å². The summed E-state index contributed by atoms with van der Waals surface area (Å²) in [7, 11) is 1.87. The van der Waals surface area contributed by atoms with E-state index in [2.05, 4.69) is 10.4 Å². The van der Waals surface area contributed by atoms with Crippen LogP contribution in [0.15, 0.2) is 6.20 Å². The summed E-state index contributed by atoms with van der Waals surface area (Å²) in [4.78, 5) is 11.8. The van der Waals surface area contributed by atoms with Crippen molar-refractivity contribution in [2.75, 3.05) is 0 Å². The van der Waals surface area contributed by atoms with Gasteiger partial charge in [-0.3, -0.25) is 9.48 Å². The van der Waals surface area contributed by atoms with Crippen molar-refractivity contribution in [3.63, 3.8) is 0 Å². The van der Waals surface area contributed by atoms with E-state index in [0.717, 1.165) is 17.7 Å². The number of rotatable bonds is 5. The third-order valence-electron chi connectivity index (χ3n) is 2.81. The fraction of sp³-hybridized carbons (Fsp3) is 0.667. The Labute approximate surface area is 115 Å². The molecule has 1 heterocycles. The van der Waals surface area contributed by atoms with E-state index < -0.39 is 6.04 Å². The minimum absolute atomic E-state index is 0. The Kier molecular flexibility index (Phi) is 6.94. The number of halogens is 1. The molecular formula is C12H23ClN4O. The predicted octanol–water partition coefficient (Wildman–Crippen LogP) is 1.45. The standard InChI is InChI=1S/C12H22N4O.ClH/c1-5-6-11(13)12(17)14-8(2)10-7-16(4)15-9(10)3;/h7-8,11H,5-6,13H2,1-4H3,(H,14,17);1H. The highest BCUT2D eigenvalue weighted by atomic mass is 35.5. The minimum Gasteiger partial charge on any atom is -0.348 e. The fourth-order valence-electron chi connectivity index (χ4n) is 1.88. The maximum atomic E-state index is 11.8. The molecule has 104 valence electrons. The number of nitrogens with two attached hydrogens (primary N) is 1. The summed E-state index contributed by atoms with van der Waals surface area (Å²) in [6.45, 7) is 5.90. The fourth-order valence-corrected chi connectivity index (χ4v) is 1.88. The van der Waals surface area contributed by atoms with Crippen molar-refractivity contribution in [3.05, 3.63) is 17.5 Å². The van der Waals surface area contributed by atoms with Crippen LogP contribution in [0.1, 0.15) is 44.0 Å². The van der Waals surface area contributed by atoms with Gasteiger partial charge in [0.1, 0.15) is 0 Å². The quantitative estimate of drug-likeness (QED) is 0.854. The summed E-state index contributed by atoms with van der Waals surface area (Å²) < 4.78 is 1.75. The summed E-state index contributed by atoms with van der Waals surface area (Å²) in [6, 6.07) is -0.474. The van der Waals surface area contributed by atoms with Crippen molar-refractivity contribution >= 4 is 18.3 Å². The first kappa shape index (κ1) is 16.9. The molecule has 0 saturated carbocycles. The third kappa shape index (κ3) is 4.31. The third-order valence-corrected chi connectivity index (χ3v) is 2.81. The average Bonchev–Trinajstić information content (AvgIpc) is 2.58. The van der Waals surface area contributed by atoms with Gasteiger partial charge in [0.2, 0.25) is 5.91 Å². The number of nitrogens with zero attached hydrogens (tertiary/aromatic N) is 2. The van der Waals surface area contributed by atoms with Crippen LogP contribution >= 0.6 is 12.4 Å². The molecule has 0 aliphatic heterocycles. The number of nitrogens with one attached hydrogen (secondary N) is 1. The molecule has 1 aromatic rings. The first-order valence-electron chi connectivity index (χ1n) is 6.01. The molecule has 1 amide bonds. The maximum absolute atomic E-state index is 11.8. The van der Waals surface area contributed by atoms with Crippen LogP contribution in [0.2, 0.25) is 0 Å². The average molecular weight is 275 g/mol. The largest absolute Gasteiger partial charge is 0.348 e. The molecular weight excluding hydrogens is 252 g/mol. The molecule has 1 aromatic heterocycles. The Morgan fingerprint density at radius 2 is 2.22 bits per heavy atom. The van der Waals surface area contributed by atoms with Gasteiger partial charge in [-0.2, -0.15) is 5.10 Å². The van der Waals surface area contributed by atoms with Crippen LogP contribution in [-0.2, 0) is 11.8 Å². The SMILES string of the molecule is CCCC(N)C(=O)NC(C)c1cn(C)nc1C.Cl. The first-order valence-corrected chi connectivity index (χ1v) is 6.01. The summed E-state index contributed by atoms with van der Waals surface area (Å²) in [6.07, 6.45) is 3.55. The monoisotopic (exact) mass is 274 g/mol. The first-order chi connectivity index (χ1) is 7.95. The Hall–Kier alpha value is -1.07. The Morgan fingerprint density at radius 3 is 2.67 bits per heavy atom. The molecule has 1 rings (SSSR count). The van der Waals surface area contributed by atoms with E-state index in [0.29, 0.717) is 6.42 Å². The van der Waals surface area contributed by atoms with Crippen LogP contribution < -0.4 is 11.1 Å². The summed E-state index contributed by atoms with van der Waals surface area (Å²) in [5, 5.41) is 7.17. The van der Waals surface area contributed by atoms with Crippen molar-refractivity contribution in [2.24, 2.45) is 12.8 Å². The van der Waals surface area contributed by atoms with Gasteiger partial charge in [0.15, 0.2) is 0 Å². The molecule has 0 spiro atoms. The van der Waals surface area contributed by atoms with Crippen LogP contribution in [0.5, 0.6) is 0 Å². The van der Waals surface area contributed by atoms with Gasteiger partial charge >= 0.3 is 0 Å². The second-order valence-corrected chi connectivity index (χ2v) is 4.47. The number of aryl methyl sites for hydroxylation is 2. The van der Waals surface area contributed by atoms with Gasteiger partial charge in [0.25, 0.3) is 0 Å². The highest BCUT2D eigenvalue weighted by molar-refractivity contribution is 5.85. The number of amides is 1. The molecule has 0 bridgehead atoms. The summed E-state index contributed by atoms with van der Waals surface area (Å²) in [5.74, 6) is -0.0948. The van der Waals surface area contributed by atoms with Gasteiger partial charge < -0.3 is 11.1 Å². The minimum atomic E-state index is -0.417. The van der Waals surface area contributed by atoms with Gasteiger partial charge in [-0.25, -0.2) is 0 Å². The van der Waals surface area contributed by atoms with E-state index in [1.807, 2.05) is 34.0 Å². The molecule has 2 atom stereocenters. The molecule has 0 fully saturated rings. The van der Waals surface area contributed by atoms with Gasteiger partial charge in [0, 0.05) is 18.8 Å². The molecule has 2 unspecified atom stereocenters. The Morgan fingerprint density at radius 1 is 1.61 bits per heavy atom. The van der Waals surface area contributed by atoms with Crippen LogP contribution in [0.25, 0.3) is 0 Å². The topological polar surface area (TPSA) is 72.9 Å². The van der Waals surface area contributed by atoms with Crippen molar-refractivity contribution in [1.82, 2.24) is 15.1 Å². The summed E-state index contributed by atoms with van der Waals surface area (Å²) in [5.41, 5.74) is 7.73. The van der Waals surface area contributed by atoms with E-state index in [9.17, 15) is 4.79 Å². The van der Waals surface area contributed by atoms with Crippen LogP contribution in [0.3, 0.4) is 0 Å². The highest BCUT2D eigenvalue weighted by Gasteiger charge is 2.18. The van der Waals surface area contributed by atoms with Gasteiger partial charge in [-0.1, -0.05) is 13.3 Å². The van der Waals surface area contributed by atoms with E-state index in [1.165, 1.54) is 0 Å². The lowest BCUT2D eigenvalue weighted by Crippen LogP contribution is -2.41. The zero-order valence-electron chi connectivity index (χ0n) is 11.4. The zero-order chi connectivity index (χ0) is 13.0. The van der Waals surface area contributed by atoms with Gasteiger partial charge in [-0.05, 0) is 20.3 Å². The molecule has 18 heavy (non-hydrogen) atoms. The lowest BCUT2D eigenvalue weighted by Gasteiger charge is -2.16. The predicted molar refractivity (Wildman–Crippen MR) is 74.6 cm³/mol. The van der Waals surface area contributed by atoms with E-state index in [1.54, 1.807) is 4.68 Å². The van der Waals surface area contributed by atoms with Crippen molar-refractivity contribution < 1.29 is 4.79 Å². The molecule has 0 aromatic carbocycles. The highest BCUT2D eigenvalue weighted by Crippen LogP contribution is 2.15. The molecule has 5 nitrogen and oxygen atoms in total. The molecule has 0 radical (unpaired) electrons. The van der Waals surface area contributed by atoms with Crippen LogP contribution in [0, 0.1) is 6.92 Å². The van der Waals surface area contributed by atoms with Gasteiger partial charge in [0.05, 0.1) is 17.8 Å². The number of carbonyl (C=O) groups excluding carboxylic acids is 1. The van der Waals surface area contributed by atoms with E-state index in [-0.39, 0.29) is 24.4 Å². The Balaban J connectivity index is 0.00000289. The van der Waals surface area contributed by atoms with Crippen LogP contribution in [0.4, 0.5) is 0 Å². The van der Waals surface area contributed by atoms with Crippen molar-refractivity contribution in [2.45, 2.75) is 45.7 Å². The summed E-state index contributed by atoms with van der Waals surface area (Å²) >= 11 is 0. The van der Waals surface area contributed by atoms with E-state index >= 15 is 0 Å². The number of carbonyl (C=O) groups is 1. The smallest absolute Gasteiger partial charge is 0.237 e. The lowest BCUT2D eigenvalue weighted by molar-refractivity contribution is -0.123. The van der Waals surface area contributed by atoms with Crippen LogP contribution in [-0.4, -0.2) is 21.7 Å². The lowest BCUT2D eigenvalue weighted by atomic mass is 10.1. The van der Waals surface area contributed by atoms with Crippen molar-refractivity contribution in [1.29, 1.82) is 0 Å². The second kappa shape index (κ2) is 7.38. The number of hydrogen-bond acceptors (Lipinski definition) is 3. The second-order valence-electron chi connectivity index (χ2n) is 4.47. The molecule has 3 N–H and O–H groups in total. The zero-order valence-corrected chi connectivity index (χ0v) is 12.3. The molecule has 0 aliphatic rings.